The standard InChI is InChI=1S/C21H15FN2O3S/c22-14-2-1-3-17(11-14)27-16-7-5-15(6-8-16)23-21(26)13-4-9-19-18(10-13)24-20(25)12-28-19/h1-11H,12H2,(H,23,26)(H,24,25). The zero-order chi connectivity index (χ0) is 19.5. The molecular formula is C21H15FN2O3S. The summed E-state index contributed by atoms with van der Waals surface area (Å²) < 4.78 is 18.8. The van der Waals surface area contributed by atoms with E-state index in [-0.39, 0.29) is 17.6 Å². The van der Waals surface area contributed by atoms with Crippen LogP contribution in [0, 0.1) is 5.82 Å². The molecule has 7 heteroatoms. The summed E-state index contributed by atoms with van der Waals surface area (Å²) in [5, 5.41) is 5.57. The van der Waals surface area contributed by atoms with Gasteiger partial charge in [-0.05, 0) is 54.6 Å². The first-order valence-corrected chi connectivity index (χ1v) is 9.47. The van der Waals surface area contributed by atoms with E-state index in [1.165, 1.54) is 23.9 Å². The van der Waals surface area contributed by atoms with Crippen LogP contribution in [0.5, 0.6) is 11.5 Å². The Balaban J connectivity index is 1.43. The molecule has 3 aromatic rings. The van der Waals surface area contributed by atoms with E-state index >= 15 is 0 Å². The highest BCUT2D eigenvalue weighted by atomic mass is 32.2. The van der Waals surface area contributed by atoms with Gasteiger partial charge in [-0.1, -0.05) is 6.07 Å². The Kier molecular flexibility index (Phi) is 4.99. The Hall–Kier alpha value is -3.32. The minimum atomic E-state index is -0.374. The van der Waals surface area contributed by atoms with Crippen molar-refractivity contribution in [1.82, 2.24) is 0 Å². The number of hydrogen-bond donors (Lipinski definition) is 2. The first kappa shape index (κ1) is 18.1. The molecule has 2 amide bonds. The molecule has 0 aliphatic carbocycles. The van der Waals surface area contributed by atoms with E-state index in [0.717, 1.165) is 4.90 Å². The molecule has 1 heterocycles. The number of fused-ring (bicyclic) bond motifs is 1. The topological polar surface area (TPSA) is 67.4 Å². The zero-order valence-corrected chi connectivity index (χ0v) is 15.4. The fourth-order valence-electron chi connectivity index (χ4n) is 2.70. The quantitative estimate of drug-likeness (QED) is 0.660. The molecule has 0 unspecified atom stereocenters. The summed E-state index contributed by atoms with van der Waals surface area (Å²) in [7, 11) is 0. The van der Waals surface area contributed by atoms with E-state index in [1.54, 1.807) is 48.5 Å². The van der Waals surface area contributed by atoms with Gasteiger partial charge < -0.3 is 15.4 Å². The van der Waals surface area contributed by atoms with E-state index in [1.807, 2.05) is 6.07 Å². The molecular weight excluding hydrogens is 379 g/mol. The summed E-state index contributed by atoms with van der Waals surface area (Å²) in [6.07, 6.45) is 0. The highest BCUT2D eigenvalue weighted by Gasteiger charge is 2.17. The Labute approximate surface area is 164 Å². The number of halogens is 1. The zero-order valence-electron chi connectivity index (χ0n) is 14.6. The second-order valence-corrected chi connectivity index (χ2v) is 7.10. The molecule has 0 aromatic heterocycles. The fraction of sp³-hybridized carbons (Fsp3) is 0.0476. The molecule has 3 aromatic carbocycles. The van der Waals surface area contributed by atoms with Gasteiger partial charge in [0.1, 0.15) is 17.3 Å². The Morgan fingerprint density at radius 2 is 1.86 bits per heavy atom. The average Bonchev–Trinajstić information content (AvgIpc) is 2.69. The molecule has 0 saturated heterocycles. The number of anilines is 2. The number of carbonyl (C=O) groups excluding carboxylic acids is 2. The van der Waals surface area contributed by atoms with Gasteiger partial charge in [0.05, 0.1) is 11.4 Å². The van der Waals surface area contributed by atoms with Gasteiger partial charge in [-0.3, -0.25) is 9.59 Å². The van der Waals surface area contributed by atoms with Crippen LogP contribution in [0.15, 0.2) is 71.6 Å². The van der Waals surface area contributed by atoms with Gasteiger partial charge in [0.25, 0.3) is 5.91 Å². The number of benzene rings is 3. The third kappa shape index (κ3) is 4.15. The van der Waals surface area contributed by atoms with Crippen molar-refractivity contribution in [2.24, 2.45) is 0 Å². The number of rotatable bonds is 4. The largest absolute Gasteiger partial charge is 0.457 e. The van der Waals surface area contributed by atoms with Crippen molar-refractivity contribution in [3.8, 4) is 11.5 Å². The number of amides is 2. The van der Waals surface area contributed by atoms with Crippen LogP contribution in [0.25, 0.3) is 0 Å². The van der Waals surface area contributed by atoms with E-state index in [4.69, 9.17) is 4.74 Å². The minimum absolute atomic E-state index is 0.0797. The Morgan fingerprint density at radius 1 is 1.04 bits per heavy atom. The van der Waals surface area contributed by atoms with Gasteiger partial charge in [0.2, 0.25) is 5.91 Å². The maximum absolute atomic E-state index is 13.2. The van der Waals surface area contributed by atoms with Gasteiger partial charge in [-0.15, -0.1) is 11.8 Å². The van der Waals surface area contributed by atoms with Gasteiger partial charge in [0, 0.05) is 22.2 Å². The van der Waals surface area contributed by atoms with Crippen molar-refractivity contribution >= 4 is 35.0 Å². The Bertz CT molecular complexity index is 1050. The van der Waals surface area contributed by atoms with Crippen LogP contribution in [-0.2, 0) is 4.79 Å². The molecule has 5 nitrogen and oxygen atoms in total. The maximum Gasteiger partial charge on any atom is 0.255 e. The first-order valence-electron chi connectivity index (χ1n) is 8.48. The van der Waals surface area contributed by atoms with Crippen LogP contribution in [-0.4, -0.2) is 17.6 Å². The summed E-state index contributed by atoms with van der Waals surface area (Å²) in [4.78, 5) is 24.9. The molecule has 140 valence electrons. The minimum Gasteiger partial charge on any atom is -0.457 e. The predicted molar refractivity (Wildman–Crippen MR) is 107 cm³/mol. The van der Waals surface area contributed by atoms with Crippen LogP contribution in [0.2, 0.25) is 0 Å². The molecule has 0 spiro atoms. The third-order valence-electron chi connectivity index (χ3n) is 4.02. The maximum atomic E-state index is 13.2. The van der Waals surface area contributed by atoms with Crippen molar-refractivity contribution in [3.05, 3.63) is 78.1 Å². The number of thioether (sulfide) groups is 1. The molecule has 0 saturated carbocycles. The van der Waals surface area contributed by atoms with Crippen molar-refractivity contribution in [1.29, 1.82) is 0 Å². The van der Waals surface area contributed by atoms with Crippen LogP contribution in [0.4, 0.5) is 15.8 Å². The lowest BCUT2D eigenvalue weighted by Gasteiger charge is -2.17. The monoisotopic (exact) mass is 394 g/mol. The molecule has 0 atom stereocenters. The molecule has 4 rings (SSSR count). The number of hydrogen-bond acceptors (Lipinski definition) is 4. The smallest absolute Gasteiger partial charge is 0.255 e. The van der Waals surface area contributed by atoms with Gasteiger partial charge >= 0.3 is 0 Å². The SMILES string of the molecule is O=C1CSc2ccc(C(=O)Nc3ccc(Oc4cccc(F)c4)cc3)cc2N1. The van der Waals surface area contributed by atoms with Crippen LogP contribution >= 0.6 is 11.8 Å². The molecule has 0 radical (unpaired) electrons. The lowest BCUT2D eigenvalue weighted by Crippen LogP contribution is -2.19. The molecule has 28 heavy (non-hydrogen) atoms. The summed E-state index contributed by atoms with van der Waals surface area (Å²) in [5.41, 5.74) is 1.68. The average molecular weight is 394 g/mol. The second-order valence-electron chi connectivity index (χ2n) is 6.09. The number of carbonyl (C=O) groups is 2. The normalized spacial score (nSPS) is 12.7. The third-order valence-corrected chi connectivity index (χ3v) is 5.09. The van der Waals surface area contributed by atoms with Crippen molar-refractivity contribution < 1.29 is 18.7 Å². The lowest BCUT2D eigenvalue weighted by atomic mass is 10.1. The Morgan fingerprint density at radius 3 is 2.64 bits per heavy atom. The van der Waals surface area contributed by atoms with E-state index < -0.39 is 0 Å². The van der Waals surface area contributed by atoms with Crippen LogP contribution in [0.3, 0.4) is 0 Å². The lowest BCUT2D eigenvalue weighted by molar-refractivity contribution is -0.113. The second kappa shape index (κ2) is 7.74. The van der Waals surface area contributed by atoms with Gasteiger partial charge in [-0.2, -0.15) is 0 Å². The molecule has 2 N–H and O–H groups in total. The molecule has 0 fully saturated rings. The van der Waals surface area contributed by atoms with Crippen molar-refractivity contribution in [2.75, 3.05) is 16.4 Å². The van der Waals surface area contributed by atoms with E-state index in [0.29, 0.717) is 34.2 Å². The highest BCUT2D eigenvalue weighted by molar-refractivity contribution is 8.00. The first-order chi connectivity index (χ1) is 13.6. The highest BCUT2D eigenvalue weighted by Crippen LogP contribution is 2.32. The van der Waals surface area contributed by atoms with Crippen molar-refractivity contribution in [3.63, 3.8) is 0 Å². The van der Waals surface area contributed by atoms with E-state index in [9.17, 15) is 14.0 Å². The number of ether oxygens (including phenoxy) is 1. The molecule has 1 aliphatic heterocycles. The predicted octanol–water partition coefficient (Wildman–Crippen LogP) is 4.91. The fourth-order valence-corrected chi connectivity index (χ4v) is 3.49. The molecule has 1 aliphatic rings. The number of nitrogens with one attached hydrogen (secondary N) is 2. The summed E-state index contributed by atoms with van der Waals surface area (Å²) in [6, 6.07) is 17.8. The van der Waals surface area contributed by atoms with Crippen molar-refractivity contribution in [2.45, 2.75) is 4.90 Å². The summed E-state index contributed by atoms with van der Waals surface area (Å²) in [6.45, 7) is 0. The summed E-state index contributed by atoms with van der Waals surface area (Å²) >= 11 is 1.44. The van der Waals surface area contributed by atoms with E-state index in [2.05, 4.69) is 10.6 Å². The van der Waals surface area contributed by atoms with Gasteiger partial charge in [0.15, 0.2) is 0 Å². The van der Waals surface area contributed by atoms with Crippen LogP contribution < -0.4 is 15.4 Å². The molecule has 0 bridgehead atoms. The summed E-state index contributed by atoms with van der Waals surface area (Å²) in [5.74, 6) is 0.557. The van der Waals surface area contributed by atoms with Crippen LogP contribution in [0.1, 0.15) is 10.4 Å². The van der Waals surface area contributed by atoms with Gasteiger partial charge in [-0.25, -0.2) is 4.39 Å².